The van der Waals surface area contributed by atoms with Crippen LogP contribution in [-0.4, -0.2) is 54.0 Å². The molecule has 1 aliphatic heterocycles. The third kappa shape index (κ3) is 4.40. The molecule has 0 aromatic heterocycles. The van der Waals surface area contributed by atoms with Crippen molar-refractivity contribution in [2.24, 2.45) is 5.73 Å². The van der Waals surface area contributed by atoms with E-state index >= 15 is 0 Å². The fraction of sp³-hybridized carbons (Fsp3) is 0.533. The van der Waals surface area contributed by atoms with Gasteiger partial charge < -0.3 is 10.6 Å². The van der Waals surface area contributed by atoms with E-state index in [4.69, 9.17) is 17.3 Å². The fourth-order valence-corrected chi connectivity index (χ4v) is 2.68. The van der Waals surface area contributed by atoms with Gasteiger partial charge in [0.05, 0.1) is 5.56 Å². The summed E-state index contributed by atoms with van der Waals surface area (Å²) in [5.41, 5.74) is 5.82. The summed E-state index contributed by atoms with van der Waals surface area (Å²) in [5, 5.41) is 0.291. The van der Waals surface area contributed by atoms with Crippen molar-refractivity contribution in [3.8, 4) is 0 Å². The fourth-order valence-electron chi connectivity index (χ4n) is 2.52. The van der Waals surface area contributed by atoms with Gasteiger partial charge in [0.2, 0.25) is 0 Å². The molecule has 1 saturated heterocycles. The number of carbonyl (C=O) groups excluding carboxylic acids is 1. The molecule has 21 heavy (non-hydrogen) atoms. The van der Waals surface area contributed by atoms with Crippen LogP contribution in [0.1, 0.15) is 24.2 Å². The van der Waals surface area contributed by atoms with E-state index in [2.05, 4.69) is 4.90 Å². The lowest BCUT2D eigenvalue weighted by Gasteiger charge is -2.37. The number of hydrogen-bond donors (Lipinski definition) is 1. The molecule has 0 bridgehead atoms. The Hall–Kier alpha value is -1.17. The quantitative estimate of drug-likeness (QED) is 0.928. The second-order valence-electron chi connectivity index (χ2n) is 6.18. The van der Waals surface area contributed by atoms with Crippen LogP contribution in [0.5, 0.6) is 0 Å². The molecule has 1 fully saturated rings. The normalized spacial score (nSPS) is 17.1. The number of halogens is 2. The van der Waals surface area contributed by atoms with Crippen LogP contribution in [0.4, 0.5) is 4.39 Å². The zero-order valence-electron chi connectivity index (χ0n) is 12.4. The molecule has 6 heteroatoms. The Labute approximate surface area is 129 Å². The van der Waals surface area contributed by atoms with Gasteiger partial charge in [-0.25, -0.2) is 4.39 Å². The maximum atomic E-state index is 13.8. The van der Waals surface area contributed by atoms with Gasteiger partial charge in [-0.1, -0.05) is 11.6 Å². The monoisotopic (exact) mass is 313 g/mol. The molecule has 1 aliphatic rings. The highest BCUT2D eigenvalue weighted by atomic mass is 35.5. The molecule has 1 amide bonds. The SMILES string of the molecule is CC(C)(N)CN1CCN(C(=O)c2ccc(Cl)cc2F)CC1. The van der Waals surface area contributed by atoms with Gasteiger partial charge in [0.1, 0.15) is 5.82 Å². The number of amides is 1. The molecular weight excluding hydrogens is 293 g/mol. The van der Waals surface area contributed by atoms with E-state index in [-0.39, 0.29) is 17.0 Å². The molecule has 1 aromatic carbocycles. The maximum Gasteiger partial charge on any atom is 0.256 e. The van der Waals surface area contributed by atoms with Crippen molar-refractivity contribution in [2.45, 2.75) is 19.4 Å². The van der Waals surface area contributed by atoms with E-state index in [1.165, 1.54) is 18.2 Å². The molecule has 4 nitrogen and oxygen atoms in total. The third-order valence-corrected chi connectivity index (χ3v) is 3.69. The zero-order valence-corrected chi connectivity index (χ0v) is 13.2. The Morgan fingerprint density at radius 3 is 2.48 bits per heavy atom. The topological polar surface area (TPSA) is 49.6 Å². The lowest BCUT2D eigenvalue weighted by Crippen LogP contribution is -2.54. The molecule has 1 heterocycles. The lowest BCUT2D eigenvalue weighted by atomic mass is 10.1. The van der Waals surface area contributed by atoms with Crippen LogP contribution >= 0.6 is 11.6 Å². The molecular formula is C15H21ClFN3O. The lowest BCUT2D eigenvalue weighted by molar-refractivity contribution is 0.0611. The minimum Gasteiger partial charge on any atom is -0.336 e. The Bertz CT molecular complexity index is 522. The standard InChI is InChI=1S/C15H21ClFN3O/c1-15(2,18)10-19-5-7-20(8-6-19)14(21)12-4-3-11(16)9-13(12)17/h3-4,9H,5-8,10,18H2,1-2H3. The average Bonchev–Trinajstić information content (AvgIpc) is 2.37. The van der Waals surface area contributed by atoms with Crippen LogP contribution in [-0.2, 0) is 0 Å². The van der Waals surface area contributed by atoms with E-state index in [9.17, 15) is 9.18 Å². The first-order chi connectivity index (χ1) is 9.76. The predicted octanol–water partition coefficient (Wildman–Crippen LogP) is 1.97. The van der Waals surface area contributed by atoms with Gasteiger partial charge in [-0.3, -0.25) is 9.69 Å². The van der Waals surface area contributed by atoms with Crippen molar-refractivity contribution >= 4 is 17.5 Å². The van der Waals surface area contributed by atoms with Crippen molar-refractivity contribution in [1.29, 1.82) is 0 Å². The van der Waals surface area contributed by atoms with Crippen molar-refractivity contribution in [3.63, 3.8) is 0 Å². The largest absolute Gasteiger partial charge is 0.336 e. The molecule has 0 saturated carbocycles. The van der Waals surface area contributed by atoms with Gasteiger partial charge in [0, 0.05) is 43.3 Å². The van der Waals surface area contributed by atoms with Crippen LogP contribution < -0.4 is 5.73 Å². The summed E-state index contributed by atoms with van der Waals surface area (Å²) in [5.74, 6) is -0.853. The number of nitrogens with two attached hydrogens (primary N) is 1. The number of rotatable bonds is 3. The van der Waals surface area contributed by atoms with Crippen LogP contribution in [0.2, 0.25) is 5.02 Å². The van der Waals surface area contributed by atoms with Crippen molar-refractivity contribution in [3.05, 3.63) is 34.6 Å². The molecule has 0 spiro atoms. The molecule has 0 atom stereocenters. The van der Waals surface area contributed by atoms with Crippen molar-refractivity contribution in [2.75, 3.05) is 32.7 Å². The van der Waals surface area contributed by atoms with E-state index < -0.39 is 5.82 Å². The number of nitrogens with zero attached hydrogens (tertiary/aromatic N) is 2. The predicted molar refractivity (Wildman–Crippen MR) is 82.0 cm³/mol. The highest BCUT2D eigenvalue weighted by Gasteiger charge is 2.26. The Morgan fingerprint density at radius 1 is 1.33 bits per heavy atom. The molecule has 1 aromatic rings. The van der Waals surface area contributed by atoms with Crippen LogP contribution in [0, 0.1) is 5.82 Å². The van der Waals surface area contributed by atoms with Gasteiger partial charge in [0.15, 0.2) is 0 Å². The molecule has 2 rings (SSSR count). The Morgan fingerprint density at radius 2 is 1.95 bits per heavy atom. The molecule has 0 aliphatic carbocycles. The zero-order chi connectivity index (χ0) is 15.6. The number of carbonyl (C=O) groups is 1. The summed E-state index contributed by atoms with van der Waals surface area (Å²) in [7, 11) is 0. The van der Waals surface area contributed by atoms with Crippen LogP contribution in [0.3, 0.4) is 0 Å². The molecule has 0 unspecified atom stereocenters. The second kappa shape index (κ2) is 6.30. The molecule has 116 valence electrons. The summed E-state index contributed by atoms with van der Waals surface area (Å²) in [6.07, 6.45) is 0. The average molecular weight is 314 g/mol. The third-order valence-electron chi connectivity index (χ3n) is 3.45. The summed E-state index contributed by atoms with van der Waals surface area (Å²) >= 11 is 5.70. The first kappa shape index (κ1) is 16.2. The smallest absolute Gasteiger partial charge is 0.256 e. The van der Waals surface area contributed by atoms with E-state index in [1.54, 1.807) is 4.90 Å². The summed E-state index contributed by atoms with van der Waals surface area (Å²) in [4.78, 5) is 16.2. The van der Waals surface area contributed by atoms with Gasteiger partial charge in [-0.05, 0) is 32.0 Å². The van der Waals surface area contributed by atoms with E-state index in [0.29, 0.717) is 18.1 Å². The summed E-state index contributed by atoms with van der Waals surface area (Å²) < 4.78 is 13.8. The Balaban J connectivity index is 1.97. The minimum absolute atomic E-state index is 0.0759. The van der Waals surface area contributed by atoms with Crippen molar-refractivity contribution < 1.29 is 9.18 Å². The van der Waals surface area contributed by atoms with Gasteiger partial charge in [-0.2, -0.15) is 0 Å². The number of benzene rings is 1. The van der Waals surface area contributed by atoms with Crippen molar-refractivity contribution in [1.82, 2.24) is 9.80 Å². The first-order valence-corrected chi connectivity index (χ1v) is 7.40. The maximum absolute atomic E-state index is 13.8. The second-order valence-corrected chi connectivity index (χ2v) is 6.62. The number of piperazine rings is 1. The van der Waals surface area contributed by atoms with Gasteiger partial charge >= 0.3 is 0 Å². The highest BCUT2D eigenvalue weighted by Crippen LogP contribution is 2.17. The van der Waals surface area contributed by atoms with Crippen LogP contribution in [0.25, 0.3) is 0 Å². The van der Waals surface area contributed by atoms with E-state index in [1.807, 2.05) is 13.8 Å². The van der Waals surface area contributed by atoms with Gasteiger partial charge in [0.25, 0.3) is 5.91 Å². The first-order valence-electron chi connectivity index (χ1n) is 7.02. The minimum atomic E-state index is -0.571. The molecule has 0 radical (unpaired) electrons. The Kier molecular flexibility index (Phi) is 4.86. The summed E-state index contributed by atoms with van der Waals surface area (Å²) in [6.45, 7) is 7.41. The highest BCUT2D eigenvalue weighted by molar-refractivity contribution is 6.30. The number of hydrogen-bond acceptors (Lipinski definition) is 3. The molecule has 2 N–H and O–H groups in total. The van der Waals surface area contributed by atoms with Gasteiger partial charge in [-0.15, -0.1) is 0 Å². The summed E-state index contributed by atoms with van der Waals surface area (Å²) in [6, 6.07) is 4.14. The van der Waals surface area contributed by atoms with Crippen LogP contribution in [0.15, 0.2) is 18.2 Å². The van der Waals surface area contributed by atoms with E-state index in [0.717, 1.165) is 19.6 Å².